The van der Waals surface area contributed by atoms with Crippen molar-refractivity contribution in [2.75, 3.05) is 7.11 Å². The minimum absolute atomic E-state index is 0.139. The molecule has 0 aromatic heterocycles. The fourth-order valence-electron chi connectivity index (χ4n) is 2.07. The highest BCUT2D eigenvalue weighted by Crippen LogP contribution is 2.30. The van der Waals surface area contributed by atoms with Gasteiger partial charge >= 0.3 is 0 Å². The third kappa shape index (κ3) is 3.31. The highest BCUT2D eigenvalue weighted by atomic mass is 16.5. The Morgan fingerprint density at radius 2 is 1.60 bits per heavy atom. The summed E-state index contributed by atoms with van der Waals surface area (Å²) in [6.45, 7) is 3.97. The Labute approximate surface area is 119 Å². The lowest BCUT2D eigenvalue weighted by atomic mass is 10.0. The van der Waals surface area contributed by atoms with Gasteiger partial charge in [-0.3, -0.25) is 0 Å². The molecule has 1 atom stereocenters. The van der Waals surface area contributed by atoms with Gasteiger partial charge in [-0.15, -0.1) is 0 Å². The topological polar surface area (TPSA) is 38.7 Å². The Morgan fingerprint density at radius 1 is 0.950 bits per heavy atom. The first-order chi connectivity index (χ1) is 9.61. The number of benzene rings is 2. The summed E-state index contributed by atoms with van der Waals surface area (Å²) < 4.78 is 10.9. The van der Waals surface area contributed by atoms with Gasteiger partial charge in [-0.1, -0.05) is 30.3 Å². The second kappa shape index (κ2) is 6.44. The molecule has 0 saturated carbocycles. The van der Waals surface area contributed by atoms with Crippen molar-refractivity contribution >= 4 is 0 Å². The molecule has 20 heavy (non-hydrogen) atoms. The van der Waals surface area contributed by atoms with E-state index in [2.05, 4.69) is 0 Å². The molecular formula is C17H20O3. The molecular weight excluding hydrogens is 252 g/mol. The molecule has 1 N–H and O–H groups in total. The lowest BCUT2D eigenvalue weighted by Gasteiger charge is -2.16. The van der Waals surface area contributed by atoms with Crippen molar-refractivity contribution in [3.63, 3.8) is 0 Å². The molecule has 0 spiro atoms. The van der Waals surface area contributed by atoms with Crippen LogP contribution in [0.5, 0.6) is 11.5 Å². The monoisotopic (exact) mass is 272 g/mol. The fourth-order valence-corrected chi connectivity index (χ4v) is 2.07. The quantitative estimate of drug-likeness (QED) is 0.904. The Balaban J connectivity index is 2.22. The first kappa shape index (κ1) is 14.4. The number of hydrogen-bond donors (Lipinski definition) is 1. The van der Waals surface area contributed by atoms with Crippen molar-refractivity contribution in [3.8, 4) is 11.5 Å². The molecule has 0 aliphatic rings. The third-order valence-corrected chi connectivity index (χ3v) is 3.00. The highest BCUT2D eigenvalue weighted by Gasteiger charge is 2.14. The summed E-state index contributed by atoms with van der Waals surface area (Å²) in [4.78, 5) is 0. The maximum absolute atomic E-state index is 10.5. The number of aliphatic hydroxyl groups is 1. The Morgan fingerprint density at radius 3 is 2.20 bits per heavy atom. The molecule has 0 saturated heterocycles. The van der Waals surface area contributed by atoms with Crippen LogP contribution in [-0.4, -0.2) is 18.3 Å². The van der Waals surface area contributed by atoms with E-state index in [0.717, 1.165) is 16.9 Å². The van der Waals surface area contributed by atoms with Crippen LogP contribution < -0.4 is 9.47 Å². The van der Waals surface area contributed by atoms with Crippen LogP contribution in [0.3, 0.4) is 0 Å². The van der Waals surface area contributed by atoms with Gasteiger partial charge in [0.15, 0.2) is 0 Å². The molecule has 0 fully saturated rings. The van der Waals surface area contributed by atoms with Gasteiger partial charge in [-0.2, -0.15) is 0 Å². The Hall–Kier alpha value is -2.00. The van der Waals surface area contributed by atoms with Crippen molar-refractivity contribution < 1.29 is 14.6 Å². The van der Waals surface area contributed by atoms with Crippen LogP contribution in [0.1, 0.15) is 31.1 Å². The first-order valence-electron chi connectivity index (χ1n) is 6.69. The van der Waals surface area contributed by atoms with E-state index in [0.29, 0.717) is 5.75 Å². The molecule has 106 valence electrons. The van der Waals surface area contributed by atoms with E-state index in [1.165, 1.54) is 0 Å². The molecule has 3 heteroatoms. The maximum atomic E-state index is 10.5. The molecule has 2 aromatic carbocycles. The highest BCUT2D eigenvalue weighted by molar-refractivity contribution is 5.41. The number of rotatable bonds is 5. The predicted molar refractivity (Wildman–Crippen MR) is 79.3 cm³/mol. The van der Waals surface area contributed by atoms with E-state index in [9.17, 15) is 5.11 Å². The lowest BCUT2D eigenvalue weighted by molar-refractivity contribution is 0.214. The van der Waals surface area contributed by atoms with Crippen LogP contribution in [0.15, 0.2) is 48.5 Å². The SMILES string of the molecule is COc1ccccc1C(O)c1ccc(OC(C)C)cc1. The minimum atomic E-state index is -0.709. The van der Waals surface area contributed by atoms with Crippen LogP contribution in [0.25, 0.3) is 0 Å². The summed E-state index contributed by atoms with van der Waals surface area (Å²) in [7, 11) is 1.60. The van der Waals surface area contributed by atoms with E-state index in [1.807, 2.05) is 62.4 Å². The average molecular weight is 272 g/mol. The number of para-hydroxylation sites is 1. The van der Waals surface area contributed by atoms with Gasteiger partial charge in [0, 0.05) is 5.56 Å². The van der Waals surface area contributed by atoms with Crippen molar-refractivity contribution in [3.05, 3.63) is 59.7 Å². The number of ether oxygens (including phenoxy) is 2. The summed E-state index contributed by atoms with van der Waals surface area (Å²) in [6.07, 6.45) is -0.570. The zero-order valence-electron chi connectivity index (χ0n) is 12.0. The predicted octanol–water partition coefficient (Wildman–Crippen LogP) is 3.56. The van der Waals surface area contributed by atoms with Crippen LogP contribution in [0.4, 0.5) is 0 Å². The summed E-state index contributed by atoms with van der Waals surface area (Å²) in [6, 6.07) is 15.0. The summed E-state index contributed by atoms with van der Waals surface area (Å²) in [5.74, 6) is 1.48. The average Bonchev–Trinajstić information content (AvgIpc) is 2.46. The number of methoxy groups -OCH3 is 1. The molecule has 0 radical (unpaired) electrons. The molecule has 1 unspecified atom stereocenters. The van der Waals surface area contributed by atoms with E-state index in [4.69, 9.17) is 9.47 Å². The van der Waals surface area contributed by atoms with Crippen molar-refractivity contribution in [2.24, 2.45) is 0 Å². The fraction of sp³-hybridized carbons (Fsp3) is 0.294. The van der Waals surface area contributed by atoms with Gasteiger partial charge in [-0.05, 0) is 37.6 Å². The van der Waals surface area contributed by atoms with Crippen molar-refractivity contribution in [1.82, 2.24) is 0 Å². The Bertz CT molecular complexity index is 546. The summed E-state index contributed by atoms with van der Waals surface area (Å²) in [5, 5.41) is 10.5. The molecule has 2 aromatic rings. The van der Waals surface area contributed by atoms with E-state index < -0.39 is 6.10 Å². The van der Waals surface area contributed by atoms with Crippen molar-refractivity contribution in [2.45, 2.75) is 26.1 Å². The summed E-state index contributed by atoms with van der Waals surface area (Å²) in [5.41, 5.74) is 1.57. The van der Waals surface area contributed by atoms with Gasteiger partial charge < -0.3 is 14.6 Å². The normalized spacial score (nSPS) is 12.2. The van der Waals surface area contributed by atoms with Gasteiger partial charge in [0.2, 0.25) is 0 Å². The Kier molecular flexibility index (Phi) is 4.64. The van der Waals surface area contributed by atoms with Crippen LogP contribution in [0.2, 0.25) is 0 Å². The van der Waals surface area contributed by atoms with E-state index in [1.54, 1.807) is 7.11 Å². The van der Waals surface area contributed by atoms with Crippen molar-refractivity contribution in [1.29, 1.82) is 0 Å². The molecule has 3 nitrogen and oxygen atoms in total. The molecule has 2 rings (SSSR count). The van der Waals surface area contributed by atoms with Crippen LogP contribution in [0, 0.1) is 0 Å². The molecule has 0 amide bonds. The number of hydrogen-bond acceptors (Lipinski definition) is 3. The molecule has 0 aliphatic carbocycles. The van der Waals surface area contributed by atoms with Gasteiger partial charge in [0.05, 0.1) is 13.2 Å². The number of aliphatic hydroxyl groups excluding tert-OH is 1. The second-order valence-electron chi connectivity index (χ2n) is 4.88. The van der Waals surface area contributed by atoms with E-state index in [-0.39, 0.29) is 6.10 Å². The molecule has 0 heterocycles. The van der Waals surface area contributed by atoms with E-state index >= 15 is 0 Å². The zero-order valence-corrected chi connectivity index (χ0v) is 12.0. The minimum Gasteiger partial charge on any atom is -0.496 e. The third-order valence-electron chi connectivity index (χ3n) is 3.00. The second-order valence-corrected chi connectivity index (χ2v) is 4.88. The van der Waals surface area contributed by atoms with Crippen LogP contribution >= 0.6 is 0 Å². The standard InChI is InChI=1S/C17H20O3/c1-12(2)20-14-10-8-13(9-11-14)17(18)15-6-4-5-7-16(15)19-3/h4-12,17-18H,1-3H3. The zero-order chi connectivity index (χ0) is 14.5. The largest absolute Gasteiger partial charge is 0.496 e. The first-order valence-corrected chi connectivity index (χ1v) is 6.69. The smallest absolute Gasteiger partial charge is 0.125 e. The maximum Gasteiger partial charge on any atom is 0.125 e. The lowest BCUT2D eigenvalue weighted by Crippen LogP contribution is -2.06. The van der Waals surface area contributed by atoms with Gasteiger partial charge in [-0.25, -0.2) is 0 Å². The van der Waals surface area contributed by atoms with Crippen LogP contribution in [-0.2, 0) is 0 Å². The van der Waals surface area contributed by atoms with Gasteiger partial charge in [0.25, 0.3) is 0 Å². The van der Waals surface area contributed by atoms with Gasteiger partial charge in [0.1, 0.15) is 17.6 Å². The molecule has 0 bridgehead atoms. The molecule has 0 aliphatic heterocycles. The summed E-state index contributed by atoms with van der Waals surface area (Å²) >= 11 is 0.